The number of halogens is 1. The fraction of sp³-hybridized carbons (Fsp3) is 0.500. The number of aromatic nitrogens is 2. The van der Waals surface area contributed by atoms with Gasteiger partial charge in [0.2, 0.25) is 5.75 Å². The molecular weight excluding hydrogens is 382 g/mol. The Labute approximate surface area is 169 Å². The van der Waals surface area contributed by atoms with Crippen LogP contribution in [0.2, 0.25) is 5.02 Å². The second kappa shape index (κ2) is 7.54. The summed E-state index contributed by atoms with van der Waals surface area (Å²) in [7, 11) is 4.65. The normalized spacial score (nSPS) is 23.6. The quantitative estimate of drug-likeness (QED) is 0.760. The molecule has 28 heavy (non-hydrogen) atoms. The summed E-state index contributed by atoms with van der Waals surface area (Å²) < 4.78 is 18.1. The third-order valence-corrected chi connectivity index (χ3v) is 5.99. The molecule has 2 aliphatic heterocycles. The molecule has 2 aliphatic rings. The zero-order valence-electron chi connectivity index (χ0n) is 16.2. The van der Waals surface area contributed by atoms with E-state index in [-0.39, 0.29) is 24.0 Å². The van der Waals surface area contributed by atoms with Crippen molar-refractivity contribution >= 4 is 17.5 Å². The highest BCUT2D eigenvalue weighted by atomic mass is 35.5. The van der Waals surface area contributed by atoms with E-state index in [1.165, 1.54) is 0 Å². The van der Waals surface area contributed by atoms with Crippen LogP contribution in [0.15, 0.2) is 24.5 Å². The number of nitrogens with zero attached hydrogens (tertiary/aromatic N) is 3. The van der Waals surface area contributed by atoms with Crippen molar-refractivity contribution in [2.24, 2.45) is 0 Å². The smallest absolute Gasteiger partial charge is 0.254 e. The number of hydrogen-bond donors (Lipinski definition) is 0. The van der Waals surface area contributed by atoms with Crippen molar-refractivity contribution in [3.63, 3.8) is 0 Å². The predicted octanol–water partition coefficient (Wildman–Crippen LogP) is 3.57. The van der Waals surface area contributed by atoms with E-state index in [1.54, 1.807) is 39.7 Å². The maximum absolute atomic E-state index is 13.4. The molecule has 0 aliphatic carbocycles. The number of fused-ring (bicyclic) bond motifs is 2. The van der Waals surface area contributed by atoms with Gasteiger partial charge in [0.25, 0.3) is 5.91 Å². The van der Waals surface area contributed by atoms with Gasteiger partial charge in [-0.3, -0.25) is 9.48 Å². The van der Waals surface area contributed by atoms with Crippen LogP contribution in [0.3, 0.4) is 0 Å². The second-order valence-electron chi connectivity index (χ2n) is 7.28. The number of hydrogen-bond acceptors (Lipinski definition) is 5. The van der Waals surface area contributed by atoms with Crippen LogP contribution in [-0.2, 0) is 0 Å². The van der Waals surface area contributed by atoms with E-state index >= 15 is 0 Å². The van der Waals surface area contributed by atoms with E-state index in [2.05, 4.69) is 5.10 Å². The molecule has 0 radical (unpaired) electrons. The van der Waals surface area contributed by atoms with Crippen LogP contribution in [-0.4, -0.2) is 54.0 Å². The van der Waals surface area contributed by atoms with Crippen molar-refractivity contribution < 1.29 is 19.0 Å². The molecule has 0 N–H and O–H groups in total. The van der Waals surface area contributed by atoms with Crippen molar-refractivity contribution in [3.05, 3.63) is 35.1 Å². The number of amides is 1. The zero-order chi connectivity index (χ0) is 19.8. The standard InChI is InChI=1S/C20H24ClN3O4/c1-26-17-6-12(7-18(27-2)19(17)28-3)20(25)24-14-4-5-15(24)9-16(8-14)23-11-13(21)10-22-23/h6-7,10-11,14-16H,4-5,8-9H2,1-3H3. The van der Waals surface area contributed by atoms with E-state index in [1.807, 2.05) is 15.8 Å². The van der Waals surface area contributed by atoms with Gasteiger partial charge in [-0.2, -0.15) is 5.10 Å². The van der Waals surface area contributed by atoms with Gasteiger partial charge in [0, 0.05) is 23.8 Å². The molecule has 4 rings (SSSR count). The van der Waals surface area contributed by atoms with Gasteiger partial charge in [0.1, 0.15) is 0 Å². The summed E-state index contributed by atoms with van der Waals surface area (Å²) in [5, 5.41) is 5.00. The van der Waals surface area contributed by atoms with Gasteiger partial charge in [-0.1, -0.05) is 11.6 Å². The van der Waals surface area contributed by atoms with Crippen LogP contribution in [0.1, 0.15) is 42.1 Å². The minimum absolute atomic E-state index is 0.00343. The molecule has 1 amide bonds. The topological polar surface area (TPSA) is 65.8 Å². The lowest BCUT2D eigenvalue weighted by atomic mass is 9.96. The van der Waals surface area contributed by atoms with Gasteiger partial charge < -0.3 is 19.1 Å². The molecule has 1 aromatic carbocycles. The first kappa shape index (κ1) is 18.9. The highest BCUT2D eigenvalue weighted by Crippen LogP contribution is 2.43. The minimum Gasteiger partial charge on any atom is -0.493 e. The molecule has 2 bridgehead atoms. The minimum atomic E-state index is 0.00343. The van der Waals surface area contributed by atoms with E-state index in [0.717, 1.165) is 25.7 Å². The van der Waals surface area contributed by atoms with Crippen LogP contribution >= 0.6 is 11.6 Å². The Kier molecular flexibility index (Phi) is 5.10. The fourth-order valence-electron chi connectivity index (χ4n) is 4.56. The lowest BCUT2D eigenvalue weighted by molar-refractivity contribution is 0.0523. The molecule has 2 fully saturated rings. The van der Waals surface area contributed by atoms with Crippen LogP contribution in [0.5, 0.6) is 17.2 Å². The first-order valence-corrected chi connectivity index (χ1v) is 9.75. The highest BCUT2D eigenvalue weighted by Gasteiger charge is 2.44. The van der Waals surface area contributed by atoms with Gasteiger partial charge in [-0.25, -0.2) is 0 Å². The summed E-state index contributed by atoms with van der Waals surface area (Å²) in [6.45, 7) is 0. The SMILES string of the molecule is COc1cc(C(=O)N2C3CCC2CC(n2cc(Cl)cn2)C3)cc(OC)c1OC. The molecule has 2 aromatic rings. The van der Waals surface area contributed by atoms with Gasteiger partial charge in [0.15, 0.2) is 11.5 Å². The van der Waals surface area contributed by atoms with Gasteiger partial charge in [0.05, 0.1) is 38.6 Å². The number of carbonyl (C=O) groups is 1. The molecular formula is C20H24ClN3O4. The first-order chi connectivity index (χ1) is 13.5. The third kappa shape index (κ3) is 3.17. The lowest BCUT2D eigenvalue weighted by Gasteiger charge is -2.39. The van der Waals surface area contributed by atoms with Crippen molar-refractivity contribution in [1.29, 1.82) is 0 Å². The maximum atomic E-state index is 13.4. The van der Waals surface area contributed by atoms with Crippen molar-refractivity contribution in [1.82, 2.24) is 14.7 Å². The molecule has 150 valence electrons. The number of ether oxygens (including phenoxy) is 3. The molecule has 0 spiro atoms. The summed E-state index contributed by atoms with van der Waals surface area (Å²) in [4.78, 5) is 15.4. The Balaban J connectivity index is 1.59. The van der Waals surface area contributed by atoms with Crippen molar-refractivity contribution in [2.75, 3.05) is 21.3 Å². The number of piperidine rings is 1. The number of carbonyl (C=O) groups excluding carboxylic acids is 1. The van der Waals surface area contributed by atoms with E-state index in [4.69, 9.17) is 25.8 Å². The molecule has 8 heteroatoms. The maximum Gasteiger partial charge on any atom is 0.254 e. The monoisotopic (exact) mass is 405 g/mol. The van der Waals surface area contributed by atoms with Gasteiger partial charge in [-0.05, 0) is 37.8 Å². The number of benzene rings is 1. The van der Waals surface area contributed by atoms with E-state index in [9.17, 15) is 4.79 Å². The molecule has 3 heterocycles. The Bertz CT molecular complexity index is 845. The predicted molar refractivity (Wildman–Crippen MR) is 105 cm³/mol. The van der Waals surface area contributed by atoms with Crippen molar-refractivity contribution in [2.45, 2.75) is 43.8 Å². The average molecular weight is 406 g/mol. The fourth-order valence-corrected chi connectivity index (χ4v) is 4.71. The Morgan fingerprint density at radius 2 is 1.64 bits per heavy atom. The molecule has 0 saturated carbocycles. The van der Waals surface area contributed by atoms with Crippen LogP contribution in [0, 0.1) is 0 Å². The Morgan fingerprint density at radius 1 is 1.04 bits per heavy atom. The molecule has 2 saturated heterocycles. The molecule has 2 atom stereocenters. The zero-order valence-corrected chi connectivity index (χ0v) is 17.0. The van der Waals surface area contributed by atoms with Gasteiger partial charge >= 0.3 is 0 Å². The molecule has 2 unspecified atom stereocenters. The number of methoxy groups -OCH3 is 3. The van der Waals surface area contributed by atoms with E-state index < -0.39 is 0 Å². The van der Waals surface area contributed by atoms with E-state index in [0.29, 0.717) is 27.8 Å². The summed E-state index contributed by atoms with van der Waals surface area (Å²) >= 11 is 6.03. The van der Waals surface area contributed by atoms with Crippen LogP contribution < -0.4 is 14.2 Å². The van der Waals surface area contributed by atoms with Crippen molar-refractivity contribution in [3.8, 4) is 17.2 Å². The third-order valence-electron chi connectivity index (χ3n) is 5.80. The van der Waals surface area contributed by atoms with Crippen LogP contribution in [0.25, 0.3) is 0 Å². The lowest BCUT2D eigenvalue weighted by Crippen LogP contribution is -2.47. The highest BCUT2D eigenvalue weighted by molar-refractivity contribution is 6.30. The summed E-state index contributed by atoms with van der Waals surface area (Å²) in [5.74, 6) is 1.46. The largest absolute Gasteiger partial charge is 0.493 e. The number of rotatable bonds is 5. The summed E-state index contributed by atoms with van der Waals surface area (Å²) in [6, 6.07) is 4.11. The van der Waals surface area contributed by atoms with Gasteiger partial charge in [-0.15, -0.1) is 0 Å². The summed E-state index contributed by atoms with van der Waals surface area (Å²) in [6.07, 6.45) is 7.30. The molecule has 1 aromatic heterocycles. The second-order valence-corrected chi connectivity index (χ2v) is 7.71. The first-order valence-electron chi connectivity index (χ1n) is 9.38. The Morgan fingerprint density at radius 3 is 2.11 bits per heavy atom. The van der Waals surface area contributed by atoms with Crippen LogP contribution in [0.4, 0.5) is 0 Å². The summed E-state index contributed by atoms with van der Waals surface area (Å²) in [5.41, 5.74) is 0.548. The molecule has 7 nitrogen and oxygen atoms in total. The Hall–Kier alpha value is -2.41. The average Bonchev–Trinajstić information content (AvgIpc) is 3.26.